The second-order valence-electron chi connectivity index (χ2n) is 6.63. The van der Waals surface area contributed by atoms with Crippen LogP contribution in [-0.4, -0.2) is 24.1 Å². The molecular weight excluding hydrogens is 380 g/mol. The van der Waals surface area contributed by atoms with Crippen molar-refractivity contribution in [1.82, 2.24) is 4.57 Å². The maximum absolute atomic E-state index is 12.5. The fraction of sp³-hybridized carbons (Fsp3) is 0.300. The van der Waals surface area contributed by atoms with E-state index in [1.807, 2.05) is 17.7 Å². The molecule has 2 aromatic carbocycles. The van der Waals surface area contributed by atoms with Crippen LogP contribution in [0.3, 0.4) is 0 Å². The van der Waals surface area contributed by atoms with Crippen molar-refractivity contribution in [2.24, 2.45) is 12.0 Å². The Morgan fingerprint density at radius 3 is 2.41 bits per heavy atom. The predicted octanol–water partition coefficient (Wildman–Crippen LogP) is 3.73. The predicted molar refractivity (Wildman–Crippen MR) is 109 cm³/mol. The summed E-state index contributed by atoms with van der Waals surface area (Å²) in [7, 11) is -1.47. The van der Waals surface area contributed by atoms with Gasteiger partial charge in [0, 0.05) is 12.6 Å². The van der Waals surface area contributed by atoms with Crippen LogP contribution in [0.15, 0.2) is 52.4 Å². The van der Waals surface area contributed by atoms with Crippen molar-refractivity contribution in [2.75, 3.05) is 0 Å². The number of aromatic nitrogens is 1. The number of benzene rings is 2. The molecule has 0 saturated carbocycles. The largest absolute Gasteiger partial charge is 0.319 e. The molecule has 142 valence electrons. The van der Waals surface area contributed by atoms with Crippen LogP contribution in [0.25, 0.3) is 10.2 Å². The summed E-state index contributed by atoms with van der Waals surface area (Å²) in [4.78, 5) is 17.6. The monoisotopic (exact) mass is 402 g/mol. The topological polar surface area (TPSA) is 68.5 Å². The van der Waals surface area contributed by atoms with Gasteiger partial charge in [0.05, 0.1) is 20.4 Å². The summed E-state index contributed by atoms with van der Waals surface area (Å²) in [6.45, 7) is 5.37. The third-order valence-electron chi connectivity index (χ3n) is 4.53. The highest BCUT2D eigenvalue weighted by atomic mass is 32.2. The minimum absolute atomic E-state index is 0.216. The summed E-state index contributed by atoms with van der Waals surface area (Å²) >= 11 is 1.47. The van der Waals surface area contributed by atoms with Crippen LogP contribution in [0, 0.1) is 0 Å². The lowest BCUT2D eigenvalue weighted by molar-refractivity contribution is 0.0998. The second kappa shape index (κ2) is 7.40. The average Bonchev–Trinajstić information content (AvgIpc) is 2.96. The van der Waals surface area contributed by atoms with Gasteiger partial charge in [-0.2, -0.15) is 4.99 Å². The molecule has 0 bridgehead atoms. The Hall–Kier alpha value is -2.25. The Morgan fingerprint density at radius 1 is 1.15 bits per heavy atom. The van der Waals surface area contributed by atoms with E-state index in [0.29, 0.717) is 10.4 Å². The number of carbonyl (C=O) groups is 1. The third kappa shape index (κ3) is 3.75. The van der Waals surface area contributed by atoms with Crippen LogP contribution in [-0.2, 0) is 23.3 Å². The van der Waals surface area contributed by atoms with Crippen molar-refractivity contribution in [3.8, 4) is 0 Å². The van der Waals surface area contributed by atoms with Crippen molar-refractivity contribution in [2.45, 2.75) is 37.3 Å². The van der Waals surface area contributed by atoms with Gasteiger partial charge in [0.25, 0.3) is 5.91 Å². The molecule has 1 aromatic heterocycles. The third-order valence-corrected chi connectivity index (χ3v) is 7.79. The number of fused-ring (bicyclic) bond motifs is 1. The molecule has 7 heteroatoms. The fourth-order valence-electron chi connectivity index (χ4n) is 2.72. The van der Waals surface area contributed by atoms with Crippen molar-refractivity contribution in [1.29, 1.82) is 0 Å². The van der Waals surface area contributed by atoms with Gasteiger partial charge in [-0.15, -0.1) is 0 Å². The summed E-state index contributed by atoms with van der Waals surface area (Å²) in [5.41, 5.74) is 2.63. The normalized spacial score (nSPS) is 12.9. The molecule has 0 fully saturated rings. The zero-order chi connectivity index (χ0) is 19.8. The lowest BCUT2D eigenvalue weighted by Crippen LogP contribution is -2.15. The van der Waals surface area contributed by atoms with Gasteiger partial charge < -0.3 is 4.57 Å². The molecule has 3 aromatic rings. The van der Waals surface area contributed by atoms with E-state index in [4.69, 9.17) is 0 Å². The van der Waals surface area contributed by atoms with E-state index < -0.39 is 15.1 Å². The Morgan fingerprint density at radius 2 is 1.81 bits per heavy atom. The summed E-state index contributed by atoms with van der Waals surface area (Å²) in [5.74, 6) is -0.388. The average molecular weight is 403 g/mol. The van der Waals surface area contributed by atoms with E-state index >= 15 is 0 Å². The van der Waals surface area contributed by atoms with Crippen LogP contribution < -0.4 is 4.80 Å². The van der Waals surface area contributed by atoms with E-state index in [9.17, 15) is 13.2 Å². The van der Waals surface area contributed by atoms with E-state index in [2.05, 4.69) is 24.0 Å². The first-order valence-electron chi connectivity index (χ1n) is 8.75. The van der Waals surface area contributed by atoms with Crippen molar-refractivity contribution >= 4 is 37.3 Å². The molecule has 1 heterocycles. The summed E-state index contributed by atoms with van der Waals surface area (Å²) < 4.78 is 27.4. The molecule has 0 aliphatic carbocycles. The second-order valence-corrected chi connectivity index (χ2v) is 10.1. The minimum atomic E-state index is -3.35. The molecule has 0 spiro atoms. The number of hydrogen-bond donors (Lipinski definition) is 0. The lowest BCUT2D eigenvalue weighted by Gasteiger charge is -2.07. The zero-order valence-corrected chi connectivity index (χ0v) is 17.4. The quantitative estimate of drug-likeness (QED) is 0.668. The van der Waals surface area contributed by atoms with E-state index in [0.717, 1.165) is 16.6 Å². The standard InChI is InChI=1S/C20H22N2O3S2/c1-5-14-6-11-17-18(12-14)26-20(22(17)4)21-19(23)15-7-9-16(10-8-15)27(24,25)13(2)3/h6-13H,5H2,1-4H3. The van der Waals surface area contributed by atoms with Crippen LogP contribution in [0.2, 0.25) is 0 Å². The van der Waals surface area contributed by atoms with E-state index in [1.54, 1.807) is 13.8 Å². The van der Waals surface area contributed by atoms with Gasteiger partial charge in [-0.1, -0.05) is 24.3 Å². The molecule has 0 unspecified atom stereocenters. The highest BCUT2D eigenvalue weighted by Gasteiger charge is 2.19. The number of carbonyl (C=O) groups excluding carboxylic acids is 1. The number of thiazole rings is 1. The number of amides is 1. The molecule has 0 aliphatic rings. The molecule has 0 N–H and O–H groups in total. The van der Waals surface area contributed by atoms with Crippen molar-refractivity contribution in [3.63, 3.8) is 0 Å². The van der Waals surface area contributed by atoms with Crippen LogP contribution in [0.1, 0.15) is 36.7 Å². The molecule has 0 atom stereocenters. The van der Waals surface area contributed by atoms with E-state index in [1.165, 1.54) is 41.2 Å². The maximum Gasteiger partial charge on any atom is 0.279 e. The van der Waals surface area contributed by atoms with Crippen molar-refractivity contribution in [3.05, 3.63) is 58.4 Å². The number of rotatable bonds is 4. The Kier molecular flexibility index (Phi) is 5.35. The highest BCUT2D eigenvalue weighted by molar-refractivity contribution is 7.92. The zero-order valence-electron chi connectivity index (χ0n) is 15.8. The maximum atomic E-state index is 12.5. The van der Waals surface area contributed by atoms with E-state index in [-0.39, 0.29) is 10.8 Å². The Bertz CT molecular complexity index is 1170. The van der Waals surface area contributed by atoms with Crippen LogP contribution in [0.4, 0.5) is 0 Å². The van der Waals surface area contributed by atoms with Gasteiger partial charge in [-0.25, -0.2) is 8.42 Å². The first-order chi connectivity index (χ1) is 12.7. The molecule has 0 radical (unpaired) electrons. The first-order valence-corrected chi connectivity index (χ1v) is 11.1. The Balaban J connectivity index is 1.97. The molecule has 5 nitrogen and oxygen atoms in total. The molecule has 1 amide bonds. The van der Waals surface area contributed by atoms with Gasteiger partial charge in [0.15, 0.2) is 14.6 Å². The number of nitrogens with zero attached hydrogens (tertiary/aromatic N) is 2. The summed E-state index contributed by atoms with van der Waals surface area (Å²) in [5, 5.41) is -0.505. The summed E-state index contributed by atoms with van der Waals surface area (Å²) in [6.07, 6.45) is 0.953. The molecule has 0 saturated heterocycles. The lowest BCUT2D eigenvalue weighted by atomic mass is 10.2. The highest BCUT2D eigenvalue weighted by Crippen LogP contribution is 2.19. The molecular formula is C20H22N2O3S2. The smallest absolute Gasteiger partial charge is 0.279 e. The number of hydrogen-bond acceptors (Lipinski definition) is 4. The molecule has 0 aliphatic heterocycles. The molecule has 3 rings (SSSR count). The van der Waals surface area contributed by atoms with Gasteiger partial charge in [0.2, 0.25) is 0 Å². The SMILES string of the molecule is CCc1ccc2c(c1)sc(=NC(=O)c1ccc(S(=O)(=O)C(C)C)cc1)n2C. The molecule has 27 heavy (non-hydrogen) atoms. The summed E-state index contributed by atoms with van der Waals surface area (Å²) in [6, 6.07) is 12.2. The number of aryl methyl sites for hydroxylation is 2. The van der Waals surface area contributed by atoms with Gasteiger partial charge in [-0.3, -0.25) is 4.79 Å². The van der Waals surface area contributed by atoms with Crippen molar-refractivity contribution < 1.29 is 13.2 Å². The van der Waals surface area contributed by atoms with Gasteiger partial charge >= 0.3 is 0 Å². The number of sulfone groups is 1. The first kappa shape index (κ1) is 19.5. The van der Waals surface area contributed by atoms with Gasteiger partial charge in [0.1, 0.15) is 0 Å². The Labute approximate surface area is 162 Å². The van der Waals surface area contributed by atoms with Crippen LogP contribution >= 0.6 is 11.3 Å². The fourth-order valence-corrected chi connectivity index (χ4v) is 4.86. The van der Waals surface area contributed by atoms with Gasteiger partial charge in [-0.05, 0) is 62.2 Å². The van der Waals surface area contributed by atoms with Crippen LogP contribution in [0.5, 0.6) is 0 Å². The minimum Gasteiger partial charge on any atom is -0.319 e.